The fourth-order valence-electron chi connectivity index (χ4n) is 2.24. The molecule has 0 saturated carbocycles. The Balaban J connectivity index is 2.88. The molecule has 0 bridgehead atoms. The SMILES string of the molecule is CCC(C)N(C)C(CN)c1ccc(C(C)C)cc1. The van der Waals surface area contributed by atoms with Gasteiger partial charge in [-0.3, -0.25) is 4.90 Å². The van der Waals surface area contributed by atoms with Crippen LogP contribution in [0.4, 0.5) is 0 Å². The summed E-state index contributed by atoms with van der Waals surface area (Å²) in [6.07, 6.45) is 1.15. The van der Waals surface area contributed by atoms with Crippen LogP contribution in [-0.4, -0.2) is 24.5 Å². The van der Waals surface area contributed by atoms with E-state index in [1.807, 2.05) is 0 Å². The molecule has 0 aromatic heterocycles. The van der Waals surface area contributed by atoms with E-state index in [1.54, 1.807) is 0 Å². The highest BCUT2D eigenvalue weighted by molar-refractivity contribution is 5.27. The summed E-state index contributed by atoms with van der Waals surface area (Å²) in [7, 11) is 2.17. The Morgan fingerprint density at radius 3 is 1.94 bits per heavy atom. The Labute approximate surface area is 112 Å². The third-order valence-corrected chi connectivity index (χ3v) is 3.99. The Morgan fingerprint density at radius 2 is 1.56 bits per heavy atom. The van der Waals surface area contributed by atoms with Gasteiger partial charge in [-0.25, -0.2) is 0 Å². The summed E-state index contributed by atoms with van der Waals surface area (Å²) in [6, 6.07) is 9.79. The third kappa shape index (κ3) is 3.56. The molecule has 0 fully saturated rings. The van der Waals surface area contributed by atoms with Crippen molar-refractivity contribution in [3.63, 3.8) is 0 Å². The van der Waals surface area contributed by atoms with Gasteiger partial charge in [-0.15, -0.1) is 0 Å². The molecule has 0 aliphatic rings. The van der Waals surface area contributed by atoms with Crippen LogP contribution in [0.3, 0.4) is 0 Å². The van der Waals surface area contributed by atoms with E-state index in [9.17, 15) is 0 Å². The molecule has 0 saturated heterocycles. The summed E-state index contributed by atoms with van der Waals surface area (Å²) in [6.45, 7) is 9.59. The van der Waals surface area contributed by atoms with Crippen molar-refractivity contribution in [1.82, 2.24) is 4.90 Å². The van der Waals surface area contributed by atoms with Gasteiger partial charge in [-0.2, -0.15) is 0 Å². The molecule has 2 unspecified atom stereocenters. The predicted octanol–water partition coefficient (Wildman–Crippen LogP) is 3.54. The largest absolute Gasteiger partial charge is 0.329 e. The topological polar surface area (TPSA) is 29.3 Å². The van der Waals surface area contributed by atoms with Gasteiger partial charge in [0.15, 0.2) is 0 Å². The van der Waals surface area contributed by atoms with Crippen LogP contribution < -0.4 is 5.73 Å². The lowest BCUT2D eigenvalue weighted by Gasteiger charge is -2.32. The number of rotatable bonds is 6. The first kappa shape index (κ1) is 15.2. The van der Waals surface area contributed by atoms with Gasteiger partial charge < -0.3 is 5.73 Å². The molecule has 2 N–H and O–H groups in total. The van der Waals surface area contributed by atoms with Crippen molar-refractivity contribution in [3.8, 4) is 0 Å². The Kier molecular flexibility index (Phi) is 5.83. The molecule has 2 heteroatoms. The zero-order valence-electron chi connectivity index (χ0n) is 12.5. The van der Waals surface area contributed by atoms with Crippen molar-refractivity contribution in [3.05, 3.63) is 35.4 Å². The molecule has 18 heavy (non-hydrogen) atoms. The van der Waals surface area contributed by atoms with Crippen molar-refractivity contribution in [2.24, 2.45) is 5.73 Å². The molecule has 0 spiro atoms. The number of hydrogen-bond acceptors (Lipinski definition) is 2. The van der Waals surface area contributed by atoms with Gasteiger partial charge in [0.25, 0.3) is 0 Å². The van der Waals surface area contributed by atoms with Crippen LogP contribution in [0.5, 0.6) is 0 Å². The van der Waals surface area contributed by atoms with Crippen LogP contribution in [0, 0.1) is 0 Å². The first-order valence-corrected chi connectivity index (χ1v) is 7.03. The van der Waals surface area contributed by atoms with Crippen LogP contribution in [0.1, 0.15) is 57.2 Å². The van der Waals surface area contributed by atoms with Crippen molar-refractivity contribution in [2.45, 2.75) is 52.1 Å². The van der Waals surface area contributed by atoms with Crippen LogP contribution in [0.25, 0.3) is 0 Å². The van der Waals surface area contributed by atoms with E-state index in [1.165, 1.54) is 11.1 Å². The summed E-state index contributed by atoms with van der Waals surface area (Å²) < 4.78 is 0. The molecule has 0 aliphatic heterocycles. The lowest BCUT2D eigenvalue weighted by Crippen LogP contribution is -2.36. The molecule has 0 amide bonds. The standard InChI is InChI=1S/C16H28N2/c1-6-13(4)18(5)16(11-17)15-9-7-14(8-10-15)12(2)3/h7-10,12-13,16H,6,11,17H2,1-5H3. The molecule has 1 aromatic carbocycles. The highest BCUT2D eigenvalue weighted by Gasteiger charge is 2.19. The lowest BCUT2D eigenvalue weighted by atomic mass is 9.98. The zero-order chi connectivity index (χ0) is 13.7. The molecule has 0 radical (unpaired) electrons. The van der Waals surface area contributed by atoms with E-state index in [4.69, 9.17) is 5.73 Å². The molecular weight excluding hydrogens is 220 g/mol. The van der Waals surface area contributed by atoms with Crippen molar-refractivity contribution in [2.75, 3.05) is 13.6 Å². The molecule has 1 rings (SSSR count). The molecule has 0 heterocycles. The highest BCUT2D eigenvalue weighted by Crippen LogP contribution is 2.23. The van der Waals surface area contributed by atoms with Gasteiger partial charge in [-0.05, 0) is 37.4 Å². The fraction of sp³-hybridized carbons (Fsp3) is 0.625. The normalized spacial score (nSPS) is 15.1. The third-order valence-electron chi connectivity index (χ3n) is 3.99. The molecule has 2 atom stereocenters. The summed E-state index contributed by atoms with van der Waals surface area (Å²) in [5, 5.41) is 0. The first-order chi connectivity index (χ1) is 8.51. The maximum Gasteiger partial charge on any atom is 0.0470 e. The van der Waals surface area contributed by atoms with E-state index in [0.29, 0.717) is 24.5 Å². The number of nitrogens with zero attached hydrogens (tertiary/aromatic N) is 1. The van der Waals surface area contributed by atoms with Crippen molar-refractivity contribution < 1.29 is 0 Å². The van der Waals surface area contributed by atoms with E-state index < -0.39 is 0 Å². The van der Waals surface area contributed by atoms with Crippen LogP contribution in [0.2, 0.25) is 0 Å². The number of nitrogens with two attached hydrogens (primary N) is 1. The smallest absolute Gasteiger partial charge is 0.0470 e. The maximum absolute atomic E-state index is 5.95. The van der Waals surface area contributed by atoms with Crippen molar-refractivity contribution >= 4 is 0 Å². The molecule has 0 aliphatic carbocycles. The second-order valence-corrected chi connectivity index (χ2v) is 5.50. The van der Waals surface area contributed by atoms with Gasteiger partial charge in [0.1, 0.15) is 0 Å². The second kappa shape index (κ2) is 6.91. The van der Waals surface area contributed by atoms with E-state index in [-0.39, 0.29) is 0 Å². The monoisotopic (exact) mass is 248 g/mol. The van der Waals surface area contributed by atoms with E-state index in [2.05, 4.69) is 63.9 Å². The molecule has 102 valence electrons. The summed E-state index contributed by atoms with van der Waals surface area (Å²) in [5.41, 5.74) is 8.67. The maximum atomic E-state index is 5.95. The van der Waals surface area contributed by atoms with E-state index in [0.717, 1.165) is 6.42 Å². The van der Waals surface area contributed by atoms with Gasteiger partial charge in [0, 0.05) is 18.6 Å². The minimum atomic E-state index is 0.321. The Hall–Kier alpha value is -0.860. The summed E-state index contributed by atoms with van der Waals surface area (Å²) in [4.78, 5) is 2.38. The van der Waals surface area contributed by atoms with E-state index >= 15 is 0 Å². The fourth-order valence-corrected chi connectivity index (χ4v) is 2.24. The lowest BCUT2D eigenvalue weighted by molar-refractivity contribution is 0.184. The van der Waals surface area contributed by atoms with Gasteiger partial charge in [0.05, 0.1) is 0 Å². The van der Waals surface area contributed by atoms with Crippen LogP contribution >= 0.6 is 0 Å². The van der Waals surface area contributed by atoms with Gasteiger partial charge >= 0.3 is 0 Å². The quantitative estimate of drug-likeness (QED) is 0.834. The number of likely N-dealkylation sites (N-methyl/N-ethyl adjacent to an activating group) is 1. The molecule has 1 aromatic rings. The zero-order valence-corrected chi connectivity index (χ0v) is 12.5. The Bertz CT molecular complexity index is 343. The average Bonchev–Trinajstić information content (AvgIpc) is 2.39. The average molecular weight is 248 g/mol. The highest BCUT2D eigenvalue weighted by atomic mass is 15.2. The van der Waals surface area contributed by atoms with Crippen LogP contribution in [0.15, 0.2) is 24.3 Å². The Morgan fingerprint density at radius 1 is 1.06 bits per heavy atom. The number of hydrogen-bond donors (Lipinski definition) is 1. The molecule has 2 nitrogen and oxygen atoms in total. The molecular formula is C16H28N2. The summed E-state index contributed by atoms with van der Waals surface area (Å²) >= 11 is 0. The van der Waals surface area contributed by atoms with Gasteiger partial charge in [0.2, 0.25) is 0 Å². The van der Waals surface area contributed by atoms with Crippen LogP contribution in [-0.2, 0) is 0 Å². The first-order valence-electron chi connectivity index (χ1n) is 7.03. The predicted molar refractivity (Wildman–Crippen MR) is 79.8 cm³/mol. The second-order valence-electron chi connectivity index (χ2n) is 5.50. The minimum absolute atomic E-state index is 0.321. The minimum Gasteiger partial charge on any atom is -0.329 e. The summed E-state index contributed by atoms with van der Waals surface area (Å²) in [5.74, 6) is 0.586. The van der Waals surface area contributed by atoms with Gasteiger partial charge in [-0.1, -0.05) is 45.0 Å². The van der Waals surface area contributed by atoms with Crippen molar-refractivity contribution in [1.29, 1.82) is 0 Å². The number of benzene rings is 1.